The van der Waals surface area contributed by atoms with Crippen LogP contribution >= 0.6 is 39.1 Å². The van der Waals surface area contributed by atoms with Gasteiger partial charge in [0.05, 0.1) is 23.0 Å². The number of phenols is 1. The molecule has 0 spiro atoms. The Bertz CT molecular complexity index is 1810. The molecule has 218 valence electrons. The molecule has 2 aliphatic heterocycles. The summed E-state index contributed by atoms with van der Waals surface area (Å²) in [6.45, 7) is 3.76. The summed E-state index contributed by atoms with van der Waals surface area (Å²) in [5.41, 5.74) is 2.13. The van der Waals surface area contributed by atoms with E-state index in [0.29, 0.717) is 22.2 Å². The van der Waals surface area contributed by atoms with Crippen molar-refractivity contribution in [2.75, 3.05) is 10.4 Å². The standard InChI is InChI=1S/C33H25BrCl2N2O5/c1-2-17-7-10-19(11-8-17)38-28(40)22-14-13-21-24(25(22)29(38)41)15-32(35)30(42)37(16-34)31(43)33(32,36)26(21)23-12-9-18-5-3-4-6-20(18)27(23)39/h2-13,22,24-26,39H,1,14-16H2. The van der Waals surface area contributed by atoms with E-state index < -0.39 is 51.1 Å². The molecule has 0 radical (unpaired) electrons. The van der Waals surface area contributed by atoms with Gasteiger partial charge in [0.2, 0.25) is 11.8 Å². The number of rotatable bonds is 4. The first kappa shape index (κ1) is 28.3. The van der Waals surface area contributed by atoms with E-state index in [9.17, 15) is 24.3 Å². The van der Waals surface area contributed by atoms with Gasteiger partial charge in [0, 0.05) is 16.9 Å². The van der Waals surface area contributed by atoms with Crippen LogP contribution in [0.15, 0.2) is 78.9 Å². The molecular weight excluding hydrogens is 655 g/mol. The zero-order valence-corrected chi connectivity index (χ0v) is 25.8. The van der Waals surface area contributed by atoms with Gasteiger partial charge >= 0.3 is 0 Å². The second-order valence-corrected chi connectivity index (χ2v) is 13.3. The molecule has 1 saturated carbocycles. The van der Waals surface area contributed by atoms with Gasteiger partial charge in [0.15, 0.2) is 9.75 Å². The zero-order valence-electron chi connectivity index (χ0n) is 22.7. The highest BCUT2D eigenvalue weighted by Crippen LogP contribution is 2.66. The number of imide groups is 2. The maximum absolute atomic E-state index is 14.2. The minimum Gasteiger partial charge on any atom is -0.507 e. The molecule has 6 unspecified atom stereocenters. The highest BCUT2D eigenvalue weighted by atomic mass is 79.9. The number of aromatic hydroxyl groups is 1. The Hall–Kier alpha value is -3.46. The minimum absolute atomic E-state index is 0.0823. The van der Waals surface area contributed by atoms with Crippen LogP contribution in [0.4, 0.5) is 5.69 Å². The molecule has 7 nitrogen and oxygen atoms in total. The van der Waals surface area contributed by atoms with E-state index in [1.54, 1.807) is 48.5 Å². The minimum atomic E-state index is -1.99. The molecule has 43 heavy (non-hydrogen) atoms. The number of nitrogens with zero attached hydrogens (tertiary/aromatic N) is 2. The molecule has 7 rings (SSSR count). The summed E-state index contributed by atoms with van der Waals surface area (Å²) < 4.78 is 0. The first-order valence-electron chi connectivity index (χ1n) is 13.9. The third-order valence-corrected chi connectivity index (χ3v) is 11.6. The Morgan fingerprint density at radius 3 is 2.37 bits per heavy atom. The fraction of sp³-hybridized carbons (Fsp3) is 0.273. The van der Waals surface area contributed by atoms with E-state index in [1.165, 1.54) is 4.90 Å². The molecule has 2 aliphatic carbocycles. The summed E-state index contributed by atoms with van der Waals surface area (Å²) in [6.07, 6.45) is 3.65. The lowest BCUT2D eigenvalue weighted by molar-refractivity contribution is -0.138. The number of alkyl halides is 3. The molecule has 3 fully saturated rings. The van der Waals surface area contributed by atoms with Gasteiger partial charge < -0.3 is 5.11 Å². The summed E-state index contributed by atoms with van der Waals surface area (Å²) in [5.74, 6) is -5.38. The second-order valence-electron chi connectivity index (χ2n) is 11.5. The molecule has 0 bridgehead atoms. The lowest BCUT2D eigenvalue weighted by atomic mass is 9.56. The number of amides is 4. The number of allylic oxidation sites excluding steroid dienone is 2. The Balaban J connectivity index is 1.41. The molecule has 2 heterocycles. The van der Waals surface area contributed by atoms with Gasteiger partial charge in [-0.3, -0.25) is 29.0 Å². The predicted molar refractivity (Wildman–Crippen MR) is 168 cm³/mol. The van der Waals surface area contributed by atoms with Crippen LogP contribution < -0.4 is 4.90 Å². The van der Waals surface area contributed by atoms with Crippen LogP contribution in [0.5, 0.6) is 5.75 Å². The van der Waals surface area contributed by atoms with E-state index >= 15 is 0 Å². The number of carbonyl (C=O) groups is 4. The van der Waals surface area contributed by atoms with Gasteiger partial charge in [0.1, 0.15) is 5.75 Å². The van der Waals surface area contributed by atoms with Gasteiger partial charge in [-0.05, 0) is 41.8 Å². The fourth-order valence-electron chi connectivity index (χ4n) is 7.62. The van der Waals surface area contributed by atoms with Crippen LogP contribution in [0, 0.1) is 17.8 Å². The molecule has 4 aliphatic rings. The first-order valence-corrected chi connectivity index (χ1v) is 15.8. The topological polar surface area (TPSA) is 95.0 Å². The molecule has 3 aromatic rings. The van der Waals surface area contributed by atoms with Gasteiger partial charge in [-0.2, -0.15) is 0 Å². The highest BCUT2D eigenvalue weighted by molar-refractivity contribution is 9.09. The van der Waals surface area contributed by atoms with Crippen molar-refractivity contribution in [2.24, 2.45) is 17.8 Å². The summed E-state index contributed by atoms with van der Waals surface area (Å²) in [4.78, 5) is 54.0. The number of hydrogen-bond acceptors (Lipinski definition) is 5. The summed E-state index contributed by atoms with van der Waals surface area (Å²) >= 11 is 17.8. The average Bonchev–Trinajstić information content (AvgIpc) is 3.35. The van der Waals surface area contributed by atoms with Gasteiger partial charge in [0.25, 0.3) is 11.8 Å². The van der Waals surface area contributed by atoms with Crippen LogP contribution in [0.1, 0.15) is 29.9 Å². The van der Waals surface area contributed by atoms with Gasteiger partial charge in [-0.25, -0.2) is 0 Å². The molecular formula is C33H25BrCl2N2O5. The predicted octanol–water partition coefficient (Wildman–Crippen LogP) is 6.10. The number of halogens is 3. The Kier molecular flexibility index (Phi) is 6.44. The van der Waals surface area contributed by atoms with Crippen LogP contribution in [-0.4, -0.2) is 48.8 Å². The van der Waals surface area contributed by atoms with Crippen LogP contribution in [0.3, 0.4) is 0 Å². The first-order chi connectivity index (χ1) is 20.6. The van der Waals surface area contributed by atoms with Crippen molar-refractivity contribution in [3.8, 4) is 5.75 Å². The number of likely N-dealkylation sites (tertiary alicyclic amines) is 1. The summed E-state index contributed by atoms with van der Waals surface area (Å²) in [5, 5.41) is 12.9. The van der Waals surface area contributed by atoms with Crippen molar-refractivity contribution < 1.29 is 24.3 Å². The second kappa shape index (κ2) is 9.78. The molecule has 0 aromatic heterocycles. The summed E-state index contributed by atoms with van der Waals surface area (Å²) in [6, 6.07) is 17.7. The van der Waals surface area contributed by atoms with Crippen LogP contribution in [0.25, 0.3) is 16.8 Å². The number of benzene rings is 3. The zero-order chi connectivity index (χ0) is 30.4. The highest BCUT2D eigenvalue weighted by Gasteiger charge is 2.76. The number of hydrogen-bond donors (Lipinski definition) is 1. The molecule has 6 atom stereocenters. The molecule has 10 heteroatoms. The fourth-order valence-corrected chi connectivity index (χ4v) is 9.03. The van der Waals surface area contributed by atoms with Crippen molar-refractivity contribution in [1.82, 2.24) is 4.90 Å². The molecule has 3 aromatic carbocycles. The van der Waals surface area contributed by atoms with E-state index in [4.69, 9.17) is 23.2 Å². The van der Waals surface area contributed by atoms with E-state index in [0.717, 1.165) is 15.8 Å². The smallest absolute Gasteiger partial charge is 0.254 e. The average molecular weight is 680 g/mol. The molecule has 2 saturated heterocycles. The summed E-state index contributed by atoms with van der Waals surface area (Å²) in [7, 11) is 0. The van der Waals surface area contributed by atoms with E-state index in [2.05, 4.69) is 22.5 Å². The van der Waals surface area contributed by atoms with Crippen LogP contribution in [0.2, 0.25) is 0 Å². The Morgan fingerprint density at radius 2 is 1.67 bits per heavy atom. The van der Waals surface area contributed by atoms with Crippen molar-refractivity contribution in [1.29, 1.82) is 0 Å². The SMILES string of the molecule is C=Cc1ccc(N2C(=O)C3CC=C4C(CC5(Cl)C(=O)N(CBr)C(=O)C5(Cl)C4c4ccc5ccccc5c4O)C3C2=O)cc1. The lowest BCUT2D eigenvalue weighted by Gasteiger charge is -2.50. The van der Waals surface area contributed by atoms with Gasteiger partial charge in [-0.1, -0.05) is 88.8 Å². The molecule has 4 amide bonds. The third-order valence-electron chi connectivity index (χ3n) is 9.64. The largest absolute Gasteiger partial charge is 0.507 e. The third kappa shape index (κ3) is 3.60. The van der Waals surface area contributed by atoms with Crippen molar-refractivity contribution in [2.45, 2.75) is 28.5 Å². The van der Waals surface area contributed by atoms with E-state index in [-0.39, 0.29) is 30.0 Å². The van der Waals surface area contributed by atoms with Crippen molar-refractivity contribution >= 4 is 85.3 Å². The number of fused-ring (bicyclic) bond motifs is 5. The van der Waals surface area contributed by atoms with Crippen molar-refractivity contribution in [3.63, 3.8) is 0 Å². The molecule has 1 N–H and O–H groups in total. The maximum atomic E-state index is 14.2. The van der Waals surface area contributed by atoms with E-state index in [1.807, 2.05) is 24.3 Å². The normalized spacial score (nSPS) is 31.7. The number of anilines is 1. The Labute approximate surface area is 265 Å². The maximum Gasteiger partial charge on any atom is 0.254 e. The van der Waals surface area contributed by atoms with Crippen molar-refractivity contribution in [3.05, 3.63) is 90.0 Å². The van der Waals surface area contributed by atoms with Crippen LogP contribution in [-0.2, 0) is 19.2 Å². The lowest BCUT2D eigenvalue weighted by Crippen LogP contribution is -2.60. The Morgan fingerprint density at radius 1 is 0.953 bits per heavy atom. The number of phenolic OH excluding ortho intramolecular Hbond substituents is 1. The quantitative estimate of drug-likeness (QED) is 0.156. The number of carbonyl (C=O) groups excluding carboxylic acids is 4. The monoisotopic (exact) mass is 678 g/mol. The van der Waals surface area contributed by atoms with Gasteiger partial charge in [-0.15, -0.1) is 23.2 Å².